The minimum absolute atomic E-state index is 0.666. The van der Waals surface area contributed by atoms with Crippen molar-refractivity contribution in [1.82, 2.24) is 9.97 Å². The molecule has 0 saturated carbocycles. The molecule has 232 valence electrons. The summed E-state index contributed by atoms with van der Waals surface area (Å²) < 4.78 is 0. The molecule has 8 aromatic carbocycles. The van der Waals surface area contributed by atoms with Crippen molar-refractivity contribution in [3.63, 3.8) is 0 Å². The third-order valence-electron chi connectivity index (χ3n) is 9.53. The largest absolute Gasteiger partial charge is 0.244 e. The van der Waals surface area contributed by atoms with Gasteiger partial charge in [0.1, 0.15) is 0 Å². The zero-order chi connectivity index (χ0) is 33.4. The van der Waals surface area contributed by atoms with E-state index in [0.29, 0.717) is 5.56 Å². The topological polar surface area (TPSA) is 49.6 Å². The summed E-state index contributed by atoms with van der Waals surface area (Å²) in [4.78, 5) is 10.3. The molecule has 3 heteroatoms. The SMILES string of the molecule is N#Cc1ccc(-c2ccc(-c3ccc(-c4ccc(-c5nc6ccccc6nc5-c5ccc6ccccc6c5)cc4)c4ccccc34)cc2)cc1. The highest BCUT2D eigenvalue weighted by Crippen LogP contribution is 2.38. The van der Waals surface area contributed by atoms with E-state index >= 15 is 0 Å². The van der Waals surface area contributed by atoms with Crippen LogP contribution in [0.3, 0.4) is 0 Å². The Morgan fingerprint density at radius 3 is 1.38 bits per heavy atom. The average molecular weight is 636 g/mol. The molecule has 9 rings (SSSR count). The molecule has 0 N–H and O–H groups in total. The highest BCUT2D eigenvalue weighted by molar-refractivity contribution is 6.05. The van der Waals surface area contributed by atoms with Crippen molar-refractivity contribution >= 4 is 32.6 Å². The first-order valence-corrected chi connectivity index (χ1v) is 16.7. The van der Waals surface area contributed by atoms with Gasteiger partial charge in [-0.2, -0.15) is 5.26 Å². The molecule has 50 heavy (non-hydrogen) atoms. The predicted octanol–water partition coefficient (Wildman–Crippen LogP) is 12.1. The maximum Gasteiger partial charge on any atom is 0.0991 e. The van der Waals surface area contributed by atoms with Crippen molar-refractivity contribution < 1.29 is 0 Å². The molecular formula is C47H29N3. The lowest BCUT2D eigenvalue weighted by Crippen LogP contribution is -1.95. The molecule has 0 radical (unpaired) electrons. The van der Waals surface area contributed by atoms with Crippen LogP contribution in [0, 0.1) is 11.3 Å². The van der Waals surface area contributed by atoms with Crippen molar-refractivity contribution in [3.05, 3.63) is 181 Å². The molecule has 0 fully saturated rings. The quantitative estimate of drug-likeness (QED) is 0.189. The lowest BCUT2D eigenvalue weighted by molar-refractivity contribution is 1.29. The Hall–Kier alpha value is -6.89. The van der Waals surface area contributed by atoms with Gasteiger partial charge in [-0.1, -0.05) is 146 Å². The number of para-hydroxylation sites is 2. The van der Waals surface area contributed by atoms with Gasteiger partial charge < -0.3 is 0 Å². The number of fused-ring (bicyclic) bond motifs is 3. The van der Waals surface area contributed by atoms with Crippen molar-refractivity contribution in [1.29, 1.82) is 5.26 Å². The molecule has 9 aromatic rings. The monoisotopic (exact) mass is 635 g/mol. The summed E-state index contributed by atoms with van der Waals surface area (Å²) in [6.07, 6.45) is 0. The van der Waals surface area contributed by atoms with Crippen LogP contribution < -0.4 is 0 Å². The molecule has 0 spiro atoms. The fourth-order valence-electron chi connectivity index (χ4n) is 6.93. The molecule has 0 atom stereocenters. The van der Waals surface area contributed by atoms with E-state index in [1.54, 1.807) is 0 Å². The third-order valence-corrected chi connectivity index (χ3v) is 9.53. The molecule has 0 amide bonds. The van der Waals surface area contributed by atoms with Gasteiger partial charge in [-0.05, 0) is 85.3 Å². The van der Waals surface area contributed by atoms with Crippen LogP contribution in [0.25, 0.3) is 88.5 Å². The maximum absolute atomic E-state index is 9.15. The Balaban J connectivity index is 1.09. The van der Waals surface area contributed by atoms with Crippen LogP contribution in [0.2, 0.25) is 0 Å². The van der Waals surface area contributed by atoms with Gasteiger partial charge in [-0.25, -0.2) is 9.97 Å². The predicted molar refractivity (Wildman–Crippen MR) is 206 cm³/mol. The maximum atomic E-state index is 9.15. The number of nitriles is 1. The van der Waals surface area contributed by atoms with Crippen LogP contribution in [0.5, 0.6) is 0 Å². The molecule has 0 aliphatic heterocycles. The summed E-state index contributed by atoms with van der Waals surface area (Å²) in [7, 11) is 0. The van der Waals surface area contributed by atoms with E-state index in [4.69, 9.17) is 15.2 Å². The lowest BCUT2D eigenvalue weighted by atomic mass is 9.91. The smallest absolute Gasteiger partial charge is 0.0991 e. The van der Waals surface area contributed by atoms with Gasteiger partial charge in [-0.3, -0.25) is 0 Å². The zero-order valence-electron chi connectivity index (χ0n) is 27.1. The van der Waals surface area contributed by atoms with Gasteiger partial charge >= 0.3 is 0 Å². The van der Waals surface area contributed by atoms with Crippen LogP contribution in [0.15, 0.2) is 176 Å². The first kappa shape index (κ1) is 29.3. The minimum atomic E-state index is 0.666. The summed E-state index contributed by atoms with van der Waals surface area (Å²) in [6.45, 7) is 0. The summed E-state index contributed by atoms with van der Waals surface area (Å²) in [5, 5.41) is 13.9. The Labute approximate surface area is 290 Å². The fourth-order valence-corrected chi connectivity index (χ4v) is 6.93. The highest BCUT2D eigenvalue weighted by Gasteiger charge is 2.15. The Bertz CT molecular complexity index is 2740. The molecule has 0 unspecified atom stereocenters. The molecule has 0 bridgehead atoms. The van der Waals surface area contributed by atoms with Crippen LogP contribution in [-0.4, -0.2) is 9.97 Å². The highest BCUT2D eigenvalue weighted by atomic mass is 14.8. The first-order chi connectivity index (χ1) is 24.7. The molecule has 1 aromatic heterocycles. The Morgan fingerprint density at radius 1 is 0.360 bits per heavy atom. The number of aromatic nitrogens is 2. The second-order valence-corrected chi connectivity index (χ2v) is 12.5. The van der Waals surface area contributed by atoms with E-state index in [9.17, 15) is 0 Å². The van der Waals surface area contributed by atoms with E-state index in [2.05, 4.69) is 133 Å². The summed E-state index contributed by atoms with van der Waals surface area (Å²) in [5.41, 5.74) is 13.2. The molecule has 3 nitrogen and oxygen atoms in total. The van der Waals surface area contributed by atoms with Crippen molar-refractivity contribution in [2.45, 2.75) is 0 Å². The Kier molecular flexibility index (Phi) is 7.19. The van der Waals surface area contributed by atoms with E-state index < -0.39 is 0 Å². The van der Waals surface area contributed by atoms with Gasteiger partial charge in [-0.15, -0.1) is 0 Å². The van der Waals surface area contributed by atoms with E-state index in [0.717, 1.165) is 55.8 Å². The Morgan fingerprint density at radius 2 is 0.800 bits per heavy atom. The number of rotatable bonds is 5. The van der Waals surface area contributed by atoms with Crippen molar-refractivity contribution in [3.8, 4) is 62.0 Å². The van der Waals surface area contributed by atoms with Crippen LogP contribution in [0.4, 0.5) is 0 Å². The van der Waals surface area contributed by atoms with E-state index in [1.807, 2.05) is 48.5 Å². The van der Waals surface area contributed by atoms with Gasteiger partial charge in [0.05, 0.1) is 34.1 Å². The summed E-state index contributed by atoms with van der Waals surface area (Å²) in [5.74, 6) is 0. The van der Waals surface area contributed by atoms with Gasteiger partial charge in [0.25, 0.3) is 0 Å². The van der Waals surface area contributed by atoms with Crippen molar-refractivity contribution in [2.24, 2.45) is 0 Å². The van der Waals surface area contributed by atoms with Crippen LogP contribution >= 0.6 is 0 Å². The summed E-state index contributed by atoms with van der Waals surface area (Å²) in [6, 6.07) is 63.4. The second-order valence-electron chi connectivity index (χ2n) is 12.5. The fraction of sp³-hybridized carbons (Fsp3) is 0. The van der Waals surface area contributed by atoms with E-state index in [-0.39, 0.29) is 0 Å². The molecule has 0 aliphatic rings. The summed E-state index contributed by atoms with van der Waals surface area (Å²) >= 11 is 0. The molecule has 1 heterocycles. The second kappa shape index (κ2) is 12.3. The van der Waals surface area contributed by atoms with Crippen LogP contribution in [-0.2, 0) is 0 Å². The van der Waals surface area contributed by atoms with Gasteiger partial charge in [0, 0.05) is 11.1 Å². The normalized spacial score (nSPS) is 11.2. The number of nitrogens with zero attached hydrogens (tertiary/aromatic N) is 3. The standard InChI is InChI=1S/C47H29N3/c48-30-31-13-15-33(16-14-31)34-17-20-35(21-18-34)40-27-28-41(43-10-4-3-9-42(40)43)36-22-24-37(25-23-36)46-47(50-45-12-6-5-11-44(45)49-46)39-26-19-32-7-1-2-8-38(32)29-39/h1-29H. The average Bonchev–Trinajstić information content (AvgIpc) is 3.20. The first-order valence-electron chi connectivity index (χ1n) is 16.7. The number of benzene rings is 8. The van der Waals surface area contributed by atoms with Gasteiger partial charge in [0.2, 0.25) is 0 Å². The lowest BCUT2D eigenvalue weighted by Gasteiger charge is -2.14. The van der Waals surface area contributed by atoms with Crippen LogP contribution in [0.1, 0.15) is 5.56 Å². The molecule has 0 saturated heterocycles. The van der Waals surface area contributed by atoms with Crippen molar-refractivity contribution in [2.75, 3.05) is 0 Å². The zero-order valence-corrected chi connectivity index (χ0v) is 27.1. The van der Waals surface area contributed by atoms with E-state index in [1.165, 1.54) is 32.7 Å². The molecule has 0 aliphatic carbocycles. The number of hydrogen-bond acceptors (Lipinski definition) is 3. The third kappa shape index (κ3) is 5.26. The number of hydrogen-bond donors (Lipinski definition) is 0. The minimum Gasteiger partial charge on any atom is -0.244 e. The molecular weight excluding hydrogens is 607 g/mol. The van der Waals surface area contributed by atoms with Gasteiger partial charge in [0.15, 0.2) is 0 Å².